The highest BCUT2D eigenvalue weighted by molar-refractivity contribution is 5.90. The fraction of sp³-hybridized carbons (Fsp3) is 0. The molecule has 0 N–H and O–H groups in total. The van der Waals surface area contributed by atoms with Crippen LogP contribution in [-0.4, -0.2) is 0 Å². The lowest BCUT2D eigenvalue weighted by Gasteiger charge is -2.17. The van der Waals surface area contributed by atoms with E-state index in [1.165, 1.54) is 22.0 Å². The van der Waals surface area contributed by atoms with Crippen LogP contribution in [0.4, 0.5) is 0 Å². The summed E-state index contributed by atoms with van der Waals surface area (Å²) in [5.74, 6) is 0. The van der Waals surface area contributed by atoms with Crippen molar-refractivity contribution < 1.29 is 33.4 Å². The molecule has 0 radical (unpaired) electrons. The third kappa shape index (κ3) is 7.69. The van der Waals surface area contributed by atoms with Gasteiger partial charge in [-0.2, -0.15) is 4.57 Å². The maximum absolute atomic E-state index is 8.49. The van der Waals surface area contributed by atoms with Gasteiger partial charge >= 0.3 is 0 Å². The van der Waals surface area contributed by atoms with Crippen LogP contribution in [-0.2, 0) is 0 Å². The second-order valence-corrected chi connectivity index (χ2v) is 8.83. The number of allylic oxidation sites excluding steroid dienone is 2. The lowest BCUT2D eigenvalue weighted by atomic mass is 10.0. The summed E-state index contributed by atoms with van der Waals surface area (Å²) in [5.41, 5.74) is 7.00. The molecule has 5 rings (SSSR count). The maximum atomic E-state index is 8.49. The summed E-state index contributed by atoms with van der Waals surface area (Å²) in [7, 11) is -4.94. The fourth-order valence-electron chi connectivity index (χ4n) is 3.97. The molecule has 0 fully saturated rings. The molecule has 37 heavy (non-hydrogen) atoms. The molecule has 6 heteroatoms. The number of fused-ring (bicyclic) bond motifs is 1. The van der Waals surface area contributed by atoms with Gasteiger partial charge in [0.05, 0.1) is 0 Å². The third-order valence-electron chi connectivity index (χ3n) is 5.55. The summed E-state index contributed by atoms with van der Waals surface area (Å²) in [6.45, 7) is 0. The molecule has 0 saturated carbocycles. The Hall–Kier alpha value is -4.10. The third-order valence-corrected chi connectivity index (χ3v) is 5.55. The molecular weight excluding hydrogens is 486 g/mol. The first-order valence-electron chi connectivity index (χ1n) is 11.5. The fourth-order valence-corrected chi connectivity index (χ4v) is 3.97. The minimum Gasteiger partial charge on any atom is -0.222 e. The Labute approximate surface area is 217 Å². The van der Waals surface area contributed by atoms with Crippen LogP contribution >= 0.6 is 0 Å². The van der Waals surface area contributed by atoms with Gasteiger partial charge < -0.3 is 0 Å². The summed E-state index contributed by atoms with van der Waals surface area (Å²) in [6, 6.07) is 44.5. The molecule has 0 bridgehead atoms. The first kappa shape index (κ1) is 26.0. The molecule has 1 heterocycles. The number of benzene rings is 4. The summed E-state index contributed by atoms with van der Waals surface area (Å²) in [6.07, 6.45) is 6.65. The van der Waals surface area contributed by atoms with E-state index in [1.807, 2.05) is 6.07 Å². The van der Waals surface area contributed by atoms with E-state index in [1.54, 1.807) is 0 Å². The standard InChI is InChI=1S/C31H24N.ClHO4/c1-4-12-25(13-5-1)20-21-28(26-14-6-2-7-15-26)24-30-23-22-27-16-10-11-19-31(27)32(30)29-17-8-3-9-18-29;2-1(3,4)5/h1-24H;(H,2,3,4,5)/q+1;/p-1. The molecule has 1 aromatic heterocycles. The average molecular weight is 510 g/mol. The van der Waals surface area contributed by atoms with E-state index in [2.05, 4.69) is 144 Å². The van der Waals surface area contributed by atoms with Crippen LogP contribution in [0.15, 0.2) is 133 Å². The average Bonchev–Trinajstić information content (AvgIpc) is 2.91. The van der Waals surface area contributed by atoms with Crippen molar-refractivity contribution in [1.82, 2.24) is 0 Å². The van der Waals surface area contributed by atoms with Gasteiger partial charge in [0.25, 0.3) is 0 Å². The van der Waals surface area contributed by atoms with Gasteiger partial charge in [-0.15, -0.1) is 10.2 Å². The first-order chi connectivity index (χ1) is 17.9. The van der Waals surface area contributed by atoms with Crippen molar-refractivity contribution in [2.24, 2.45) is 0 Å². The summed E-state index contributed by atoms with van der Waals surface area (Å²) in [5, 5.41) is 1.22. The van der Waals surface area contributed by atoms with E-state index in [0.717, 1.165) is 17.0 Å². The molecule has 5 nitrogen and oxygen atoms in total. The molecule has 4 aromatic carbocycles. The number of aromatic nitrogens is 1. The Bertz CT molecular complexity index is 1490. The largest absolute Gasteiger partial charge is 0.222 e. The van der Waals surface area contributed by atoms with Gasteiger partial charge in [0.15, 0.2) is 0 Å². The van der Waals surface area contributed by atoms with Crippen LogP contribution in [0.25, 0.3) is 34.3 Å². The number of halogens is 1. The second-order valence-electron chi connectivity index (χ2n) is 8.08. The molecule has 0 unspecified atom stereocenters. The van der Waals surface area contributed by atoms with E-state index < -0.39 is 10.2 Å². The van der Waals surface area contributed by atoms with Crippen molar-refractivity contribution in [2.45, 2.75) is 0 Å². The Morgan fingerprint density at radius 1 is 0.595 bits per heavy atom. The predicted octanol–water partition coefficient (Wildman–Crippen LogP) is 2.61. The Balaban J connectivity index is 0.000000586. The summed E-state index contributed by atoms with van der Waals surface area (Å²) < 4.78 is 36.3. The highest BCUT2D eigenvalue weighted by Crippen LogP contribution is 2.22. The van der Waals surface area contributed by atoms with Crippen LogP contribution in [0.2, 0.25) is 0 Å². The topological polar surface area (TPSA) is 96.1 Å². The zero-order valence-corrected chi connectivity index (χ0v) is 20.6. The van der Waals surface area contributed by atoms with Gasteiger partial charge in [-0.1, -0.05) is 103 Å². The molecule has 0 aliphatic heterocycles. The number of nitrogens with zero attached hydrogens (tertiary/aromatic N) is 1. The molecule has 5 aromatic rings. The number of hydrogen-bond donors (Lipinski definition) is 0. The van der Waals surface area contributed by atoms with E-state index in [9.17, 15) is 0 Å². The number of pyridine rings is 1. The second kappa shape index (κ2) is 12.2. The minimum atomic E-state index is -4.94. The lowest BCUT2D eigenvalue weighted by molar-refractivity contribution is -2.00. The van der Waals surface area contributed by atoms with Gasteiger partial charge in [0, 0.05) is 35.7 Å². The first-order valence-corrected chi connectivity index (χ1v) is 12.7. The smallest absolute Gasteiger partial charge is 0.218 e. The summed E-state index contributed by atoms with van der Waals surface area (Å²) in [4.78, 5) is 0. The molecule has 0 spiro atoms. The SMILES string of the molecule is C(=Cc1ccccc1)C(=Cc1ccc2ccccc2[n+]1-c1ccccc1)c1ccccc1.[O-][Cl+3]([O-])([O-])[O-]. The van der Waals surface area contributed by atoms with Gasteiger partial charge in [0.1, 0.15) is 0 Å². The predicted molar refractivity (Wildman–Crippen MR) is 135 cm³/mol. The van der Waals surface area contributed by atoms with Crippen LogP contribution in [0.1, 0.15) is 16.8 Å². The zero-order chi connectivity index (χ0) is 26.1. The molecule has 184 valence electrons. The molecule has 0 saturated heterocycles. The van der Waals surface area contributed by atoms with E-state index in [0.29, 0.717) is 0 Å². The maximum Gasteiger partial charge on any atom is 0.218 e. The quantitative estimate of drug-likeness (QED) is 0.269. The normalized spacial score (nSPS) is 11.8. The lowest BCUT2D eigenvalue weighted by Crippen LogP contribution is -2.68. The highest BCUT2D eigenvalue weighted by Gasteiger charge is 2.17. The number of para-hydroxylation sites is 2. The molecule has 0 aliphatic carbocycles. The van der Waals surface area contributed by atoms with Crippen molar-refractivity contribution >= 4 is 28.6 Å². The zero-order valence-electron chi connectivity index (χ0n) is 19.8. The molecule has 0 amide bonds. The van der Waals surface area contributed by atoms with Gasteiger partial charge in [-0.25, -0.2) is 18.6 Å². The van der Waals surface area contributed by atoms with Crippen molar-refractivity contribution in [3.63, 3.8) is 0 Å². The van der Waals surface area contributed by atoms with E-state index in [4.69, 9.17) is 18.6 Å². The van der Waals surface area contributed by atoms with E-state index >= 15 is 0 Å². The van der Waals surface area contributed by atoms with Crippen molar-refractivity contribution in [1.29, 1.82) is 0 Å². The minimum absolute atomic E-state index is 1.13. The van der Waals surface area contributed by atoms with Gasteiger partial charge in [-0.3, -0.25) is 0 Å². The van der Waals surface area contributed by atoms with Crippen LogP contribution in [0.5, 0.6) is 0 Å². The van der Waals surface area contributed by atoms with Crippen molar-refractivity contribution in [2.75, 3.05) is 0 Å². The Morgan fingerprint density at radius 2 is 1.14 bits per heavy atom. The van der Waals surface area contributed by atoms with Crippen molar-refractivity contribution in [3.8, 4) is 5.69 Å². The Morgan fingerprint density at radius 3 is 1.78 bits per heavy atom. The Kier molecular flexibility index (Phi) is 8.59. The van der Waals surface area contributed by atoms with Crippen molar-refractivity contribution in [3.05, 3.63) is 150 Å². The highest BCUT2D eigenvalue weighted by atomic mass is 35.7. The van der Waals surface area contributed by atoms with Crippen LogP contribution in [0, 0.1) is 10.2 Å². The monoisotopic (exact) mass is 509 g/mol. The van der Waals surface area contributed by atoms with Gasteiger partial charge in [-0.05, 0) is 28.8 Å². The molecule has 0 atom stereocenters. The van der Waals surface area contributed by atoms with Gasteiger partial charge in [0.2, 0.25) is 16.9 Å². The summed E-state index contributed by atoms with van der Waals surface area (Å²) >= 11 is 0. The van der Waals surface area contributed by atoms with Crippen LogP contribution < -0.4 is 23.2 Å². The van der Waals surface area contributed by atoms with Crippen LogP contribution in [0.3, 0.4) is 0 Å². The molecular formula is C31H24ClNO4. The van der Waals surface area contributed by atoms with E-state index in [-0.39, 0.29) is 0 Å². The molecule has 0 aliphatic rings. The number of rotatable bonds is 5. The number of hydrogen-bond acceptors (Lipinski definition) is 4.